The van der Waals surface area contributed by atoms with Gasteiger partial charge in [0.2, 0.25) is 21.8 Å². The lowest BCUT2D eigenvalue weighted by Crippen LogP contribution is -2.48. The van der Waals surface area contributed by atoms with Gasteiger partial charge < -0.3 is 14.2 Å². The van der Waals surface area contributed by atoms with Crippen LogP contribution in [-0.2, 0) is 14.8 Å². The van der Waals surface area contributed by atoms with Gasteiger partial charge in [-0.05, 0) is 48.9 Å². The van der Waals surface area contributed by atoms with Crippen LogP contribution in [0.25, 0.3) is 11.1 Å². The van der Waals surface area contributed by atoms with Crippen LogP contribution in [0.1, 0.15) is 12.6 Å². The number of rotatable bonds is 6. The molecule has 0 atom stereocenters. The zero-order valence-corrected chi connectivity index (χ0v) is 19.9. The molecule has 2 aromatic carbocycles. The van der Waals surface area contributed by atoms with E-state index in [1.54, 1.807) is 31.2 Å². The van der Waals surface area contributed by atoms with Gasteiger partial charge in [-0.3, -0.25) is 10.1 Å². The number of nitrogens with one attached hydrogen (secondary N) is 1. The highest BCUT2D eigenvalue weighted by atomic mass is 32.2. The van der Waals surface area contributed by atoms with Gasteiger partial charge in [0.1, 0.15) is 16.5 Å². The Labute approximate surface area is 197 Å². The fourth-order valence-corrected chi connectivity index (χ4v) is 5.57. The van der Waals surface area contributed by atoms with Gasteiger partial charge in [-0.25, -0.2) is 12.8 Å². The van der Waals surface area contributed by atoms with Crippen molar-refractivity contribution in [2.24, 2.45) is 0 Å². The Bertz CT molecular complexity index is 1300. The number of carbonyl (C=O) groups excluding carboxylic acids is 1. The molecular formula is C23H25FN4O5S. The number of anilines is 2. The second kappa shape index (κ2) is 9.43. The number of methoxy groups -OCH3 is 1. The lowest BCUT2D eigenvalue weighted by atomic mass is 10.1. The number of carbonyl (C=O) groups is 1. The van der Waals surface area contributed by atoms with Crippen molar-refractivity contribution >= 4 is 27.5 Å². The Morgan fingerprint density at radius 3 is 2.41 bits per heavy atom. The van der Waals surface area contributed by atoms with E-state index < -0.39 is 10.0 Å². The first kappa shape index (κ1) is 23.7. The van der Waals surface area contributed by atoms with E-state index in [9.17, 15) is 17.6 Å². The van der Waals surface area contributed by atoms with Crippen molar-refractivity contribution in [1.29, 1.82) is 0 Å². The minimum atomic E-state index is -3.90. The van der Waals surface area contributed by atoms with Crippen molar-refractivity contribution in [3.8, 4) is 16.9 Å². The van der Waals surface area contributed by atoms with E-state index in [1.165, 1.54) is 36.5 Å². The fraction of sp³-hybridized carbons (Fsp3) is 0.304. The normalized spacial score (nSPS) is 14.8. The lowest BCUT2D eigenvalue weighted by Gasteiger charge is -2.35. The van der Waals surface area contributed by atoms with Gasteiger partial charge in [-0.15, -0.1) is 0 Å². The van der Waals surface area contributed by atoms with E-state index in [1.807, 2.05) is 4.90 Å². The molecule has 0 spiro atoms. The summed E-state index contributed by atoms with van der Waals surface area (Å²) >= 11 is 0. The molecule has 0 bridgehead atoms. The van der Waals surface area contributed by atoms with Crippen molar-refractivity contribution in [3.05, 3.63) is 54.0 Å². The summed E-state index contributed by atoms with van der Waals surface area (Å²) in [4.78, 5) is 13.6. The van der Waals surface area contributed by atoms with E-state index in [2.05, 4.69) is 10.5 Å². The highest BCUT2D eigenvalue weighted by Gasteiger charge is 2.32. The van der Waals surface area contributed by atoms with Crippen LogP contribution in [0, 0.1) is 12.7 Å². The van der Waals surface area contributed by atoms with Crippen molar-refractivity contribution in [1.82, 2.24) is 9.46 Å². The number of ether oxygens (including phenoxy) is 1. The molecule has 0 unspecified atom stereocenters. The molecule has 0 saturated carbocycles. The van der Waals surface area contributed by atoms with Crippen LogP contribution < -0.4 is 15.0 Å². The standard InChI is InChI=1S/C23H25FN4O5S/c1-15-22(23(33-26-15)25-16(2)29)17-4-9-20(32-3)21(14-17)34(30,31)28-12-10-27(11-13-28)19-7-5-18(24)6-8-19/h4-9,14H,10-13H2,1-3H3,(H,25,29). The second-order valence-electron chi connectivity index (χ2n) is 7.89. The van der Waals surface area contributed by atoms with Gasteiger partial charge in [0.25, 0.3) is 0 Å². The third kappa shape index (κ3) is 4.62. The smallest absolute Gasteiger partial charge is 0.246 e. The quantitative estimate of drug-likeness (QED) is 0.568. The monoisotopic (exact) mass is 488 g/mol. The number of amides is 1. The third-order valence-electron chi connectivity index (χ3n) is 5.65. The summed E-state index contributed by atoms with van der Waals surface area (Å²) in [6.07, 6.45) is 0. The average Bonchev–Trinajstić information content (AvgIpc) is 3.18. The number of hydrogen-bond acceptors (Lipinski definition) is 7. The van der Waals surface area contributed by atoms with E-state index in [4.69, 9.17) is 9.26 Å². The topological polar surface area (TPSA) is 105 Å². The van der Waals surface area contributed by atoms with Gasteiger partial charge in [0.05, 0.1) is 18.4 Å². The summed E-state index contributed by atoms with van der Waals surface area (Å²) in [5.74, 6) is -0.300. The SMILES string of the molecule is COc1ccc(-c2c(C)noc2NC(C)=O)cc1S(=O)(=O)N1CCN(c2ccc(F)cc2)CC1. The minimum Gasteiger partial charge on any atom is -0.495 e. The van der Waals surface area contributed by atoms with Crippen molar-refractivity contribution in [3.63, 3.8) is 0 Å². The van der Waals surface area contributed by atoms with Crippen LogP contribution in [0.5, 0.6) is 5.75 Å². The molecule has 3 aromatic rings. The molecule has 2 heterocycles. The van der Waals surface area contributed by atoms with Gasteiger partial charge in [-0.1, -0.05) is 11.2 Å². The number of halogens is 1. The number of aromatic nitrogens is 1. The molecule has 4 rings (SSSR count). The molecule has 0 radical (unpaired) electrons. The second-order valence-corrected chi connectivity index (χ2v) is 9.79. The predicted octanol–water partition coefficient (Wildman–Crippen LogP) is 3.27. The summed E-state index contributed by atoms with van der Waals surface area (Å²) in [7, 11) is -2.49. The molecule has 1 amide bonds. The van der Waals surface area contributed by atoms with E-state index in [0.717, 1.165) is 5.69 Å². The molecule has 180 valence electrons. The number of aryl methyl sites for hydroxylation is 1. The average molecular weight is 489 g/mol. The third-order valence-corrected chi connectivity index (χ3v) is 7.57. The first-order valence-electron chi connectivity index (χ1n) is 10.6. The zero-order chi connectivity index (χ0) is 24.5. The van der Waals surface area contributed by atoms with Crippen molar-refractivity contribution in [2.75, 3.05) is 43.5 Å². The van der Waals surface area contributed by atoms with Crippen molar-refractivity contribution < 1.29 is 26.9 Å². The predicted molar refractivity (Wildman–Crippen MR) is 125 cm³/mol. The van der Waals surface area contributed by atoms with E-state index in [-0.39, 0.29) is 41.3 Å². The summed E-state index contributed by atoms with van der Waals surface area (Å²) in [6, 6.07) is 10.9. The summed E-state index contributed by atoms with van der Waals surface area (Å²) in [5.41, 5.74) is 2.36. The summed E-state index contributed by atoms with van der Waals surface area (Å²) in [5, 5.41) is 6.48. The molecule has 0 aliphatic carbocycles. The zero-order valence-electron chi connectivity index (χ0n) is 19.0. The van der Waals surface area contributed by atoms with E-state index in [0.29, 0.717) is 29.9 Å². The Balaban J connectivity index is 1.63. The van der Waals surface area contributed by atoms with Crippen LogP contribution in [0.4, 0.5) is 16.0 Å². The number of piperazine rings is 1. The highest BCUT2D eigenvalue weighted by molar-refractivity contribution is 7.89. The molecule has 1 aliphatic heterocycles. The lowest BCUT2D eigenvalue weighted by molar-refractivity contribution is -0.114. The van der Waals surface area contributed by atoms with Gasteiger partial charge in [-0.2, -0.15) is 4.31 Å². The molecule has 1 fully saturated rings. The maximum atomic E-state index is 13.6. The first-order chi connectivity index (χ1) is 16.2. The van der Waals surface area contributed by atoms with Crippen LogP contribution in [0.2, 0.25) is 0 Å². The van der Waals surface area contributed by atoms with Crippen LogP contribution in [-0.4, -0.2) is 57.1 Å². The Morgan fingerprint density at radius 1 is 1.12 bits per heavy atom. The molecule has 9 nitrogen and oxygen atoms in total. The summed E-state index contributed by atoms with van der Waals surface area (Å²) in [6.45, 7) is 4.50. The number of hydrogen-bond donors (Lipinski definition) is 1. The van der Waals surface area contributed by atoms with Gasteiger partial charge in [0, 0.05) is 38.8 Å². The Morgan fingerprint density at radius 2 is 1.79 bits per heavy atom. The van der Waals surface area contributed by atoms with Crippen molar-refractivity contribution in [2.45, 2.75) is 18.7 Å². The maximum Gasteiger partial charge on any atom is 0.246 e. The number of nitrogens with zero attached hydrogens (tertiary/aromatic N) is 3. The number of benzene rings is 2. The van der Waals surface area contributed by atoms with Crippen LogP contribution in [0.3, 0.4) is 0 Å². The Kier molecular flexibility index (Phi) is 6.58. The molecule has 11 heteroatoms. The van der Waals surface area contributed by atoms with Gasteiger partial charge >= 0.3 is 0 Å². The van der Waals surface area contributed by atoms with Gasteiger partial charge in [0.15, 0.2) is 0 Å². The molecule has 1 aromatic heterocycles. The number of sulfonamides is 1. The largest absolute Gasteiger partial charge is 0.495 e. The highest BCUT2D eigenvalue weighted by Crippen LogP contribution is 2.37. The Hall–Kier alpha value is -3.44. The molecule has 1 saturated heterocycles. The van der Waals surface area contributed by atoms with Crippen LogP contribution >= 0.6 is 0 Å². The molecule has 1 aliphatic rings. The first-order valence-corrected chi connectivity index (χ1v) is 12.1. The van der Waals surface area contributed by atoms with E-state index >= 15 is 0 Å². The summed E-state index contributed by atoms with van der Waals surface area (Å²) < 4.78 is 52.4. The molecule has 1 N–H and O–H groups in total. The minimum absolute atomic E-state index is 0.0112. The fourth-order valence-electron chi connectivity index (χ4n) is 3.97. The van der Waals surface area contributed by atoms with Crippen LogP contribution in [0.15, 0.2) is 51.9 Å². The maximum absolute atomic E-state index is 13.6. The molecular weight excluding hydrogens is 463 g/mol. The molecule has 34 heavy (non-hydrogen) atoms.